The highest BCUT2D eigenvalue weighted by Gasteiger charge is 2.49. The number of amides is 1. The van der Waals surface area contributed by atoms with Crippen LogP contribution < -0.4 is 9.64 Å². The maximum absolute atomic E-state index is 16.2. The number of nitrogens with zero attached hydrogens (tertiary/aromatic N) is 6. The van der Waals surface area contributed by atoms with Crippen LogP contribution in [-0.4, -0.2) is 82.8 Å². The van der Waals surface area contributed by atoms with Gasteiger partial charge in [0.15, 0.2) is 5.83 Å². The summed E-state index contributed by atoms with van der Waals surface area (Å²) in [6.07, 6.45) is 3.49. The van der Waals surface area contributed by atoms with Gasteiger partial charge in [-0.3, -0.25) is 9.69 Å². The Morgan fingerprint density at radius 1 is 1.13 bits per heavy atom. The minimum atomic E-state index is -1.08. The van der Waals surface area contributed by atoms with Gasteiger partial charge < -0.3 is 14.5 Å². The van der Waals surface area contributed by atoms with E-state index in [1.807, 2.05) is 17.0 Å². The highest BCUT2D eigenvalue weighted by Crippen LogP contribution is 2.60. The molecular weight excluding hydrogens is 593 g/mol. The van der Waals surface area contributed by atoms with Crippen molar-refractivity contribution >= 4 is 22.6 Å². The number of piperazine rings is 1. The molecule has 3 aromatic rings. The van der Waals surface area contributed by atoms with Gasteiger partial charge in [-0.25, -0.2) is 13.2 Å². The Labute approximate surface area is 265 Å². The summed E-state index contributed by atoms with van der Waals surface area (Å²) in [6, 6.07) is 10.9. The molecule has 46 heavy (non-hydrogen) atoms. The van der Waals surface area contributed by atoms with Gasteiger partial charge >= 0.3 is 6.01 Å². The van der Waals surface area contributed by atoms with Gasteiger partial charge in [-0.2, -0.15) is 15.2 Å². The van der Waals surface area contributed by atoms with Crippen LogP contribution in [0.1, 0.15) is 61.5 Å². The number of carbonyl (C=O) groups is 1. The van der Waals surface area contributed by atoms with Gasteiger partial charge in [0.25, 0.3) is 5.91 Å². The second-order valence-corrected chi connectivity index (χ2v) is 13.6. The predicted molar refractivity (Wildman–Crippen MR) is 166 cm³/mol. The van der Waals surface area contributed by atoms with Gasteiger partial charge in [0.1, 0.15) is 24.4 Å². The molecule has 3 atom stereocenters. The molecule has 0 N–H and O–H groups in total. The van der Waals surface area contributed by atoms with E-state index >= 15 is 4.39 Å². The highest BCUT2D eigenvalue weighted by atomic mass is 19.1. The number of hydrogen-bond acceptors (Lipinski definition) is 7. The van der Waals surface area contributed by atoms with Gasteiger partial charge in [0.2, 0.25) is 0 Å². The van der Waals surface area contributed by atoms with E-state index in [9.17, 15) is 18.8 Å². The summed E-state index contributed by atoms with van der Waals surface area (Å²) in [4.78, 5) is 27.5. The summed E-state index contributed by atoms with van der Waals surface area (Å²) < 4.78 is 50.8. The van der Waals surface area contributed by atoms with Gasteiger partial charge in [-0.15, -0.1) is 0 Å². The average Bonchev–Trinajstić information content (AvgIpc) is 3.76. The molecule has 3 saturated heterocycles. The fourth-order valence-corrected chi connectivity index (χ4v) is 8.76. The molecule has 238 valence electrons. The summed E-state index contributed by atoms with van der Waals surface area (Å²) >= 11 is 0. The van der Waals surface area contributed by atoms with Crippen LogP contribution in [0.5, 0.6) is 6.01 Å². The van der Waals surface area contributed by atoms with E-state index in [2.05, 4.69) is 23.6 Å². The molecule has 0 unspecified atom stereocenters. The van der Waals surface area contributed by atoms with Crippen molar-refractivity contribution in [1.29, 1.82) is 5.26 Å². The summed E-state index contributed by atoms with van der Waals surface area (Å²) in [5, 5.41) is 9.98. The van der Waals surface area contributed by atoms with E-state index in [1.54, 1.807) is 6.07 Å². The summed E-state index contributed by atoms with van der Waals surface area (Å²) in [5.74, 6) is -0.906. The molecule has 2 bridgehead atoms. The number of carbonyl (C=O) groups excluding carboxylic acids is 1. The second kappa shape index (κ2) is 11.0. The number of hydrogen-bond donors (Lipinski definition) is 0. The quantitative estimate of drug-likeness (QED) is 0.307. The monoisotopic (exact) mass is 628 g/mol. The van der Waals surface area contributed by atoms with E-state index in [-0.39, 0.29) is 44.5 Å². The Hall–Kier alpha value is -4.17. The van der Waals surface area contributed by atoms with Crippen molar-refractivity contribution in [3.8, 4) is 23.2 Å². The zero-order chi connectivity index (χ0) is 31.7. The maximum atomic E-state index is 16.2. The molecule has 4 heterocycles. The van der Waals surface area contributed by atoms with Crippen molar-refractivity contribution in [2.24, 2.45) is 0 Å². The van der Waals surface area contributed by atoms with Crippen LogP contribution in [0.4, 0.5) is 19.0 Å². The average molecular weight is 629 g/mol. The molecule has 3 aliphatic heterocycles. The Kier molecular flexibility index (Phi) is 6.98. The number of nitriles is 1. The predicted octanol–water partition coefficient (Wildman–Crippen LogP) is 5.78. The van der Waals surface area contributed by atoms with Crippen molar-refractivity contribution in [3.05, 3.63) is 59.7 Å². The van der Waals surface area contributed by atoms with Crippen molar-refractivity contribution in [2.45, 2.75) is 68.1 Å². The Bertz CT molecular complexity index is 1810. The summed E-state index contributed by atoms with van der Waals surface area (Å²) in [5.41, 5.74) is 4.00. The van der Waals surface area contributed by atoms with Crippen molar-refractivity contribution in [1.82, 2.24) is 19.8 Å². The smallest absolute Gasteiger partial charge is 0.319 e. The Morgan fingerprint density at radius 2 is 1.98 bits per heavy atom. The number of aromatic nitrogens is 2. The van der Waals surface area contributed by atoms with Gasteiger partial charge in [0, 0.05) is 43.5 Å². The molecule has 0 radical (unpaired) electrons. The number of rotatable bonds is 7. The van der Waals surface area contributed by atoms with E-state index in [0.29, 0.717) is 47.1 Å². The number of fused-ring (bicyclic) bond motifs is 2. The first-order valence-electron chi connectivity index (χ1n) is 16.2. The third-order valence-corrected chi connectivity index (χ3v) is 11.0. The second-order valence-electron chi connectivity index (χ2n) is 13.6. The lowest BCUT2D eigenvalue weighted by Crippen LogP contribution is -2.55. The lowest BCUT2D eigenvalue weighted by molar-refractivity contribution is -0.131. The number of benzene rings is 2. The Balaban J connectivity index is 1.20. The van der Waals surface area contributed by atoms with E-state index in [0.717, 1.165) is 37.8 Å². The molecule has 9 rings (SSSR count). The van der Waals surface area contributed by atoms with Crippen LogP contribution in [0.2, 0.25) is 0 Å². The number of alkyl halides is 1. The Morgan fingerprint density at radius 3 is 2.78 bits per heavy atom. The normalized spacial score (nSPS) is 28.1. The first-order valence-corrected chi connectivity index (χ1v) is 16.2. The minimum Gasteiger partial charge on any atom is -0.461 e. The molecule has 3 aliphatic carbocycles. The maximum Gasteiger partial charge on any atom is 0.319 e. The first kappa shape index (κ1) is 29.2. The number of halogens is 3. The van der Waals surface area contributed by atoms with Gasteiger partial charge in [0.05, 0.1) is 29.6 Å². The van der Waals surface area contributed by atoms with Crippen LogP contribution in [0, 0.1) is 17.1 Å². The summed E-state index contributed by atoms with van der Waals surface area (Å²) in [7, 11) is 0. The van der Waals surface area contributed by atoms with Gasteiger partial charge in [-0.1, -0.05) is 24.8 Å². The van der Waals surface area contributed by atoms with E-state index in [1.165, 1.54) is 22.1 Å². The molecule has 8 nitrogen and oxygen atoms in total. The minimum absolute atomic E-state index is 0.0234. The lowest BCUT2D eigenvalue weighted by atomic mass is 9.81. The zero-order valence-electron chi connectivity index (χ0n) is 25.5. The van der Waals surface area contributed by atoms with E-state index in [4.69, 9.17) is 14.7 Å². The molecular formula is C35H35F3N6O2. The van der Waals surface area contributed by atoms with Crippen LogP contribution in [0.25, 0.3) is 22.0 Å². The van der Waals surface area contributed by atoms with Crippen molar-refractivity contribution in [3.63, 3.8) is 0 Å². The molecule has 6 aliphatic rings. The fraction of sp³-hybridized carbons (Fsp3) is 0.486. The standard InChI is InChI=1S/C35H35F3N6O2/c1-20(36)33(45)44-11-10-42(18-24(44)6-8-39)32-28-14-29(38)27(26-5-2-4-25-21-12-22(13-21)31(25)26)15-30(28)40-34(41-32)46-19-35-7-3-9-43(35)17-23(37)16-35/h2,4-5,14-15,21-24H,1,3,6-7,9-13,16-19H2/t21?,22?,23-,24+,35+/m1/s1. The molecule has 0 spiro atoms. The molecule has 1 aromatic heterocycles. The first-order chi connectivity index (χ1) is 22.2. The van der Waals surface area contributed by atoms with Crippen LogP contribution >= 0.6 is 0 Å². The zero-order valence-corrected chi connectivity index (χ0v) is 25.5. The SMILES string of the molecule is C=C(F)C(=O)N1CCN(c2nc(OC[C@@]34CCCN3C[C@H](F)C4)nc3cc(-c4cccc5c4C4CC5C4)c(F)cc23)C[C@@H]1CC#N. The molecule has 11 heteroatoms. The summed E-state index contributed by atoms with van der Waals surface area (Å²) in [6.45, 7) is 5.18. The van der Waals surface area contributed by atoms with Gasteiger partial charge in [-0.05, 0) is 72.9 Å². The number of anilines is 1. The van der Waals surface area contributed by atoms with E-state index < -0.39 is 29.5 Å². The fourth-order valence-electron chi connectivity index (χ4n) is 8.76. The van der Waals surface area contributed by atoms with Crippen molar-refractivity contribution < 1.29 is 22.7 Å². The largest absolute Gasteiger partial charge is 0.461 e. The third-order valence-electron chi connectivity index (χ3n) is 11.0. The molecule has 2 aromatic carbocycles. The third kappa shape index (κ3) is 4.63. The lowest BCUT2D eigenvalue weighted by Gasteiger charge is -2.41. The van der Waals surface area contributed by atoms with Crippen LogP contribution in [0.15, 0.2) is 42.7 Å². The van der Waals surface area contributed by atoms with Crippen LogP contribution in [-0.2, 0) is 4.79 Å². The topological polar surface area (TPSA) is 85.6 Å². The van der Waals surface area contributed by atoms with Crippen LogP contribution in [0.3, 0.4) is 0 Å². The molecule has 4 fully saturated rings. The molecule has 1 saturated carbocycles. The highest BCUT2D eigenvalue weighted by molar-refractivity contribution is 5.94. The van der Waals surface area contributed by atoms with Crippen molar-refractivity contribution in [2.75, 3.05) is 44.2 Å². The number of ether oxygens (including phenoxy) is 1. The molecule has 1 amide bonds.